The second kappa shape index (κ2) is 7.78. The van der Waals surface area contributed by atoms with E-state index < -0.39 is 0 Å². The summed E-state index contributed by atoms with van der Waals surface area (Å²) in [6, 6.07) is 0.292. The first-order valence-corrected chi connectivity index (χ1v) is 7.51. The highest BCUT2D eigenvalue weighted by Gasteiger charge is 2.26. The quantitative estimate of drug-likeness (QED) is 0.765. The number of carbonyl (C=O) groups is 1. The van der Waals surface area contributed by atoms with Gasteiger partial charge in [0.25, 0.3) is 0 Å². The molecule has 0 saturated heterocycles. The normalized spacial score (nSPS) is 22.2. The van der Waals surface area contributed by atoms with E-state index in [9.17, 15) is 4.79 Å². The summed E-state index contributed by atoms with van der Waals surface area (Å²) in [6.07, 6.45) is 6.81. The van der Waals surface area contributed by atoms with Gasteiger partial charge in [-0.25, -0.2) is 0 Å². The van der Waals surface area contributed by atoms with E-state index in [-0.39, 0.29) is 11.8 Å². The third-order valence-electron chi connectivity index (χ3n) is 4.51. The maximum absolute atomic E-state index is 12.0. The van der Waals surface area contributed by atoms with Crippen LogP contribution in [0.25, 0.3) is 0 Å². The summed E-state index contributed by atoms with van der Waals surface area (Å²) in [5.41, 5.74) is 0. The first-order chi connectivity index (χ1) is 8.56. The molecule has 1 amide bonds. The standard InChI is InChI=1S/C15H30N2O/c1-11(10-16-4)15(18)17-13(3)12(2)14-8-6-5-7-9-14/h11-14,16H,5-10H2,1-4H3,(H,17,18). The van der Waals surface area contributed by atoms with Crippen LogP contribution >= 0.6 is 0 Å². The number of carbonyl (C=O) groups excluding carboxylic acids is 1. The molecule has 0 heterocycles. The van der Waals surface area contributed by atoms with Crippen LogP contribution < -0.4 is 10.6 Å². The number of rotatable bonds is 6. The lowest BCUT2D eigenvalue weighted by Crippen LogP contribution is -2.44. The summed E-state index contributed by atoms with van der Waals surface area (Å²) in [5.74, 6) is 1.63. The molecule has 1 saturated carbocycles. The predicted molar refractivity (Wildman–Crippen MR) is 76.4 cm³/mol. The molecule has 3 nitrogen and oxygen atoms in total. The monoisotopic (exact) mass is 254 g/mol. The van der Waals surface area contributed by atoms with Gasteiger partial charge >= 0.3 is 0 Å². The first-order valence-electron chi connectivity index (χ1n) is 7.51. The van der Waals surface area contributed by atoms with Gasteiger partial charge in [0.05, 0.1) is 0 Å². The molecule has 3 unspecified atom stereocenters. The van der Waals surface area contributed by atoms with Crippen molar-refractivity contribution in [1.82, 2.24) is 10.6 Å². The molecule has 0 aromatic carbocycles. The van der Waals surface area contributed by atoms with Gasteiger partial charge in [-0.05, 0) is 25.8 Å². The van der Waals surface area contributed by atoms with Crippen LogP contribution in [-0.4, -0.2) is 25.5 Å². The highest BCUT2D eigenvalue weighted by Crippen LogP contribution is 2.31. The minimum absolute atomic E-state index is 0.0519. The Morgan fingerprint density at radius 2 is 1.78 bits per heavy atom. The SMILES string of the molecule is CNCC(C)C(=O)NC(C)C(C)C1CCCCC1. The smallest absolute Gasteiger partial charge is 0.224 e. The Kier molecular flexibility index (Phi) is 6.69. The highest BCUT2D eigenvalue weighted by molar-refractivity contribution is 5.78. The van der Waals surface area contributed by atoms with Crippen LogP contribution in [0.15, 0.2) is 0 Å². The Labute approximate surface area is 112 Å². The van der Waals surface area contributed by atoms with Crippen molar-refractivity contribution in [3.05, 3.63) is 0 Å². The zero-order chi connectivity index (χ0) is 13.5. The fourth-order valence-electron chi connectivity index (χ4n) is 2.97. The maximum atomic E-state index is 12.0. The zero-order valence-electron chi connectivity index (χ0n) is 12.5. The minimum atomic E-state index is 0.0519. The topological polar surface area (TPSA) is 41.1 Å². The molecule has 0 aliphatic heterocycles. The van der Waals surface area contributed by atoms with Crippen molar-refractivity contribution in [3.63, 3.8) is 0 Å². The largest absolute Gasteiger partial charge is 0.353 e. The van der Waals surface area contributed by atoms with Gasteiger partial charge in [0.1, 0.15) is 0 Å². The Morgan fingerprint density at radius 3 is 2.33 bits per heavy atom. The van der Waals surface area contributed by atoms with Crippen molar-refractivity contribution in [2.45, 2.75) is 58.9 Å². The Morgan fingerprint density at radius 1 is 1.17 bits per heavy atom. The summed E-state index contributed by atoms with van der Waals surface area (Å²) in [7, 11) is 1.89. The molecule has 106 valence electrons. The predicted octanol–water partition coefficient (Wildman–Crippen LogP) is 2.56. The molecule has 1 fully saturated rings. The molecular formula is C15H30N2O. The molecule has 1 rings (SSSR count). The molecule has 1 aliphatic carbocycles. The van der Waals surface area contributed by atoms with Gasteiger partial charge in [0.2, 0.25) is 5.91 Å². The van der Waals surface area contributed by atoms with Crippen molar-refractivity contribution < 1.29 is 4.79 Å². The average Bonchev–Trinajstić information content (AvgIpc) is 2.39. The third kappa shape index (κ3) is 4.60. The van der Waals surface area contributed by atoms with Gasteiger partial charge in [-0.2, -0.15) is 0 Å². The van der Waals surface area contributed by atoms with Crippen LogP contribution in [0.1, 0.15) is 52.9 Å². The number of nitrogens with one attached hydrogen (secondary N) is 2. The molecule has 0 spiro atoms. The van der Waals surface area contributed by atoms with E-state index >= 15 is 0 Å². The fraction of sp³-hybridized carbons (Fsp3) is 0.933. The maximum Gasteiger partial charge on any atom is 0.224 e. The van der Waals surface area contributed by atoms with Crippen molar-refractivity contribution >= 4 is 5.91 Å². The molecule has 0 bridgehead atoms. The second-order valence-electron chi connectivity index (χ2n) is 6.01. The zero-order valence-corrected chi connectivity index (χ0v) is 12.5. The van der Waals surface area contributed by atoms with Crippen LogP contribution in [0.5, 0.6) is 0 Å². The second-order valence-corrected chi connectivity index (χ2v) is 6.01. The summed E-state index contributed by atoms with van der Waals surface area (Å²) < 4.78 is 0. The van der Waals surface area contributed by atoms with Crippen molar-refractivity contribution in [3.8, 4) is 0 Å². The Hall–Kier alpha value is -0.570. The van der Waals surface area contributed by atoms with Crippen LogP contribution in [-0.2, 0) is 4.79 Å². The van der Waals surface area contributed by atoms with E-state index in [4.69, 9.17) is 0 Å². The first kappa shape index (κ1) is 15.5. The van der Waals surface area contributed by atoms with Crippen LogP contribution in [0.4, 0.5) is 0 Å². The van der Waals surface area contributed by atoms with Gasteiger partial charge in [0, 0.05) is 18.5 Å². The summed E-state index contributed by atoms with van der Waals surface area (Å²) in [4.78, 5) is 12.0. The van der Waals surface area contributed by atoms with Crippen LogP contribution in [0.2, 0.25) is 0 Å². The van der Waals surface area contributed by atoms with Gasteiger partial charge in [-0.1, -0.05) is 46.0 Å². The van der Waals surface area contributed by atoms with Crippen LogP contribution in [0, 0.1) is 17.8 Å². The van der Waals surface area contributed by atoms with E-state index in [0.29, 0.717) is 12.0 Å². The minimum Gasteiger partial charge on any atom is -0.353 e. The van der Waals surface area contributed by atoms with E-state index in [2.05, 4.69) is 24.5 Å². The number of amides is 1. The van der Waals surface area contributed by atoms with Crippen molar-refractivity contribution in [2.75, 3.05) is 13.6 Å². The molecular weight excluding hydrogens is 224 g/mol. The molecule has 1 aliphatic rings. The van der Waals surface area contributed by atoms with E-state index in [1.54, 1.807) is 0 Å². The average molecular weight is 254 g/mol. The highest BCUT2D eigenvalue weighted by atomic mass is 16.1. The number of hydrogen-bond acceptors (Lipinski definition) is 2. The molecule has 0 aromatic heterocycles. The lowest BCUT2D eigenvalue weighted by Gasteiger charge is -2.32. The van der Waals surface area contributed by atoms with Gasteiger partial charge < -0.3 is 10.6 Å². The lowest BCUT2D eigenvalue weighted by atomic mass is 9.78. The van der Waals surface area contributed by atoms with E-state index in [1.165, 1.54) is 32.1 Å². The van der Waals surface area contributed by atoms with Crippen molar-refractivity contribution in [1.29, 1.82) is 0 Å². The van der Waals surface area contributed by atoms with Crippen molar-refractivity contribution in [2.24, 2.45) is 17.8 Å². The van der Waals surface area contributed by atoms with E-state index in [0.717, 1.165) is 12.5 Å². The third-order valence-corrected chi connectivity index (χ3v) is 4.51. The Balaban J connectivity index is 2.38. The van der Waals surface area contributed by atoms with Gasteiger partial charge in [-0.3, -0.25) is 4.79 Å². The molecule has 3 atom stereocenters. The fourth-order valence-corrected chi connectivity index (χ4v) is 2.97. The summed E-state index contributed by atoms with van der Waals surface area (Å²) in [5, 5.41) is 6.24. The Bertz CT molecular complexity index is 249. The molecule has 3 heteroatoms. The lowest BCUT2D eigenvalue weighted by molar-refractivity contribution is -0.125. The van der Waals surface area contributed by atoms with Gasteiger partial charge in [-0.15, -0.1) is 0 Å². The summed E-state index contributed by atoms with van der Waals surface area (Å²) >= 11 is 0. The molecule has 0 aromatic rings. The summed E-state index contributed by atoms with van der Waals surface area (Å²) in [6.45, 7) is 7.17. The molecule has 18 heavy (non-hydrogen) atoms. The molecule has 2 N–H and O–H groups in total. The van der Waals surface area contributed by atoms with Crippen LogP contribution in [0.3, 0.4) is 0 Å². The van der Waals surface area contributed by atoms with Gasteiger partial charge in [0.15, 0.2) is 0 Å². The molecule has 0 radical (unpaired) electrons. The number of hydrogen-bond donors (Lipinski definition) is 2. The van der Waals surface area contributed by atoms with E-state index in [1.807, 2.05) is 14.0 Å².